The predicted molar refractivity (Wildman–Crippen MR) is 48.9 cm³/mol. The Morgan fingerprint density at radius 2 is 1.85 bits per heavy atom. The van der Waals surface area contributed by atoms with Gasteiger partial charge in [-0.2, -0.15) is 0 Å². The Bertz CT molecular complexity index is 216. The number of halogens is 2. The molecule has 0 unspecified atom stereocenters. The van der Waals surface area contributed by atoms with E-state index >= 15 is 0 Å². The summed E-state index contributed by atoms with van der Waals surface area (Å²) in [5.41, 5.74) is 1.62. The van der Waals surface area contributed by atoms with E-state index < -0.39 is 8.07 Å². The zero-order valence-corrected chi connectivity index (χ0v) is 14.4. The molecule has 0 saturated heterocycles. The van der Waals surface area contributed by atoms with Crippen LogP contribution in [0.5, 0.6) is 0 Å². The van der Waals surface area contributed by atoms with Crippen LogP contribution < -0.4 is 24.8 Å². The fraction of sp³-hybridized carbons (Fsp3) is 0.556. The van der Waals surface area contributed by atoms with Crippen LogP contribution in [0.1, 0.15) is 6.42 Å². The van der Waals surface area contributed by atoms with Gasteiger partial charge in [-0.25, -0.2) is 0 Å². The number of rotatable bonds is 2. The molecule has 0 atom stereocenters. The third kappa shape index (κ3) is 7.12. The molecule has 1 rings (SSSR count). The maximum absolute atomic E-state index is 2.44. The van der Waals surface area contributed by atoms with E-state index in [0.29, 0.717) is 0 Å². The summed E-state index contributed by atoms with van der Waals surface area (Å²) in [5.74, 6) is 0. The first-order chi connectivity index (χ1) is 4.97. The Labute approximate surface area is 110 Å². The second-order valence-corrected chi connectivity index (χ2v) is 12.2. The van der Waals surface area contributed by atoms with Crippen LogP contribution in [0.25, 0.3) is 0 Å². The Hall–Kier alpha value is 1.15. The summed E-state index contributed by atoms with van der Waals surface area (Å²) in [6.07, 6.45) is 6.09. The molecule has 73 valence electrons. The number of hydrogen-bond acceptors (Lipinski definition) is 0. The smallest absolute Gasteiger partial charge is 1.00 e. The van der Waals surface area contributed by atoms with Crippen molar-refractivity contribution in [3.63, 3.8) is 0 Å². The van der Waals surface area contributed by atoms with E-state index in [2.05, 4.69) is 31.8 Å². The SMILES string of the molecule is C[Si](C)(C)CC1=CC[C]([Hf+2])=C1.[Cl-].[Cl-]. The first-order valence-electron chi connectivity index (χ1n) is 4.08. The summed E-state index contributed by atoms with van der Waals surface area (Å²) in [4.78, 5) is 0. The van der Waals surface area contributed by atoms with Gasteiger partial charge in [-0.3, -0.25) is 0 Å². The van der Waals surface area contributed by atoms with E-state index in [1.165, 1.54) is 36.8 Å². The first kappa shape index (κ1) is 16.6. The standard InChI is InChI=1S/C9H15Si.2ClH.Hf/c1-10(2,3)8-9-6-4-5-7-9;;;/h6-7H,4,8H2,1-3H3;2*1H;/q;;;+2/p-2. The van der Waals surface area contributed by atoms with Crippen LogP contribution in [-0.2, 0) is 24.4 Å². The largest absolute Gasteiger partial charge is 1.00 e. The van der Waals surface area contributed by atoms with Crippen LogP contribution in [0.15, 0.2) is 21.1 Å². The fourth-order valence-corrected chi connectivity index (χ4v) is 3.82. The van der Waals surface area contributed by atoms with Crippen molar-refractivity contribution in [1.82, 2.24) is 0 Å². The Morgan fingerprint density at radius 3 is 2.15 bits per heavy atom. The zero-order valence-electron chi connectivity index (χ0n) is 8.32. The van der Waals surface area contributed by atoms with Gasteiger partial charge in [0.1, 0.15) is 0 Å². The third-order valence-corrected chi connectivity index (χ3v) is 4.40. The molecule has 0 fully saturated rings. The molecule has 0 nitrogen and oxygen atoms in total. The first-order valence-corrected chi connectivity index (χ1v) is 9.59. The quantitative estimate of drug-likeness (QED) is 0.436. The summed E-state index contributed by atoms with van der Waals surface area (Å²) < 4.78 is 1.67. The van der Waals surface area contributed by atoms with Crippen LogP contribution in [-0.4, -0.2) is 8.07 Å². The van der Waals surface area contributed by atoms with Crippen LogP contribution in [0.3, 0.4) is 0 Å². The molecule has 1 aliphatic rings. The predicted octanol–water partition coefficient (Wildman–Crippen LogP) is -2.91. The van der Waals surface area contributed by atoms with E-state index in [1.807, 2.05) is 0 Å². The van der Waals surface area contributed by atoms with Gasteiger partial charge in [0.2, 0.25) is 0 Å². The maximum atomic E-state index is 2.44. The van der Waals surface area contributed by atoms with Crippen LogP contribution in [0.2, 0.25) is 25.7 Å². The van der Waals surface area contributed by atoms with E-state index in [4.69, 9.17) is 0 Å². The minimum absolute atomic E-state index is 0. The molecule has 0 spiro atoms. The van der Waals surface area contributed by atoms with Crippen molar-refractivity contribution in [3.05, 3.63) is 21.1 Å². The molecule has 0 aromatic rings. The van der Waals surface area contributed by atoms with Gasteiger partial charge in [0.15, 0.2) is 0 Å². The molecule has 0 aliphatic heterocycles. The Kier molecular flexibility index (Phi) is 8.41. The maximum Gasteiger partial charge on any atom is -1.00 e. The zero-order chi connectivity index (χ0) is 8.48. The molecule has 1 aliphatic carbocycles. The van der Waals surface area contributed by atoms with Crippen LogP contribution >= 0.6 is 0 Å². The summed E-state index contributed by atoms with van der Waals surface area (Å²) in [7, 11) is -0.849. The van der Waals surface area contributed by atoms with Gasteiger partial charge in [0, 0.05) is 0 Å². The van der Waals surface area contributed by atoms with Crippen molar-refractivity contribution in [3.8, 4) is 0 Å². The van der Waals surface area contributed by atoms with Crippen molar-refractivity contribution >= 4 is 8.07 Å². The minimum Gasteiger partial charge on any atom is -1.00 e. The van der Waals surface area contributed by atoms with Crippen molar-refractivity contribution in [2.45, 2.75) is 32.1 Å². The minimum atomic E-state index is -0.849. The van der Waals surface area contributed by atoms with E-state index in [1.54, 1.807) is 8.90 Å². The topological polar surface area (TPSA) is 0 Å². The number of allylic oxidation sites excluding steroid dienone is 4. The van der Waals surface area contributed by atoms with Gasteiger partial charge >= 0.3 is 85.6 Å². The average Bonchev–Trinajstić information content (AvgIpc) is 2.10. The van der Waals surface area contributed by atoms with Gasteiger partial charge < -0.3 is 24.8 Å². The van der Waals surface area contributed by atoms with Gasteiger partial charge in [0.05, 0.1) is 0 Å². The van der Waals surface area contributed by atoms with E-state index in [-0.39, 0.29) is 24.8 Å². The van der Waals surface area contributed by atoms with Crippen LogP contribution in [0.4, 0.5) is 0 Å². The van der Waals surface area contributed by atoms with Crippen molar-refractivity contribution < 1.29 is 49.2 Å². The average molecular weight is 401 g/mol. The second-order valence-electron chi connectivity index (χ2n) is 4.39. The summed E-state index contributed by atoms with van der Waals surface area (Å²) in [6, 6.07) is 1.37. The normalized spacial score (nSPS) is 15.5. The molecule has 0 amide bonds. The Balaban J connectivity index is 0. The third-order valence-electron chi connectivity index (χ3n) is 1.68. The van der Waals surface area contributed by atoms with Crippen molar-refractivity contribution in [2.75, 3.05) is 0 Å². The molecule has 0 radical (unpaired) electrons. The molecule has 0 bridgehead atoms. The van der Waals surface area contributed by atoms with Crippen molar-refractivity contribution in [1.29, 1.82) is 0 Å². The molecule has 0 aromatic carbocycles. The van der Waals surface area contributed by atoms with E-state index in [0.717, 1.165) is 0 Å². The Morgan fingerprint density at radius 1 is 1.31 bits per heavy atom. The van der Waals surface area contributed by atoms with Crippen LogP contribution in [0, 0.1) is 0 Å². The van der Waals surface area contributed by atoms with Gasteiger partial charge in [0.25, 0.3) is 0 Å². The second kappa shape index (κ2) is 6.60. The molecular weight excluding hydrogens is 386 g/mol. The molecule has 0 heterocycles. The molecular formula is C9H15Cl2HfSi. The molecule has 4 heteroatoms. The molecule has 0 saturated carbocycles. The van der Waals surface area contributed by atoms with E-state index in [9.17, 15) is 0 Å². The van der Waals surface area contributed by atoms with Crippen molar-refractivity contribution in [2.24, 2.45) is 0 Å². The summed E-state index contributed by atoms with van der Waals surface area (Å²) in [6.45, 7) is 7.31. The molecule has 0 N–H and O–H groups in total. The molecule has 0 aromatic heterocycles. The summed E-state index contributed by atoms with van der Waals surface area (Å²) in [5, 5.41) is 0. The summed E-state index contributed by atoms with van der Waals surface area (Å²) >= 11 is 1.26. The fourth-order valence-electron chi connectivity index (χ4n) is 1.32. The number of hydrogen-bond donors (Lipinski definition) is 0. The monoisotopic (exact) mass is 401 g/mol. The van der Waals surface area contributed by atoms with Gasteiger partial charge in [-0.05, 0) is 0 Å². The molecule has 13 heavy (non-hydrogen) atoms. The van der Waals surface area contributed by atoms with Gasteiger partial charge in [-0.15, -0.1) is 0 Å². The van der Waals surface area contributed by atoms with Gasteiger partial charge in [-0.1, -0.05) is 0 Å².